The summed E-state index contributed by atoms with van der Waals surface area (Å²) in [6, 6.07) is 10.0. The number of benzene rings is 2. The molecule has 2 aromatic carbocycles. The molecule has 38 heavy (non-hydrogen) atoms. The number of carbonyl (C=O) groups is 1. The maximum atomic E-state index is 14.0. The Bertz CT molecular complexity index is 1460. The highest BCUT2D eigenvalue weighted by Gasteiger charge is 2.45. The normalized spacial score (nSPS) is 16.8. The molecule has 0 bridgehead atoms. The molecule has 3 rings (SSSR count). The molecule has 0 unspecified atom stereocenters. The molecular formula is C25H27F3N2O6S2. The summed E-state index contributed by atoms with van der Waals surface area (Å²) in [6.45, 7) is 1.24. The molecule has 206 valence electrons. The molecule has 2 aromatic rings. The molecule has 1 saturated carbocycles. The lowest BCUT2D eigenvalue weighted by Crippen LogP contribution is -2.38. The van der Waals surface area contributed by atoms with Crippen molar-refractivity contribution in [2.75, 3.05) is 13.4 Å². The number of ether oxygens (including phenoxy) is 1. The number of nitriles is 1. The van der Waals surface area contributed by atoms with Gasteiger partial charge in [0.05, 0.1) is 39.2 Å². The predicted molar refractivity (Wildman–Crippen MR) is 132 cm³/mol. The maximum Gasteiger partial charge on any atom is 0.417 e. The van der Waals surface area contributed by atoms with Crippen LogP contribution in [0.3, 0.4) is 0 Å². The molecule has 0 heterocycles. The number of alkyl halides is 3. The van der Waals surface area contributed by atoms with E-state index in [1.165, 1.54) is 44.4 Å². The summed E-state index contributed by atoms with van der Waals surface area (Å²) in [5.74, 6) is -0.511. The first-order chi connectivity index (χ1) is 17.5. The van der Waals surface area contributed by atoms with Gasteiger partial charge in [-0.1, -0.05) is 18.2 Å². The minimum Gasteiger partial charge on any atom is -0.381 e. The summed E-state index contributed by atoms with van der Waals surface area (Å²) in [7, 11) is -6.75. The van der Waals surface area contributed by atoms with Crippen molar-refractivity contribution in [2.24, 2.45) is 0 Å². The molecule has 1 fully saturated rings. The van der Waals surface area contributed by atoms with Crippen LogP contribution in [0.2, 0.25) is 0 Å². The van der Waals surface area contributed by atoms with E-state index in [4.69, 9.17) is 10.00 Å². The molecule has 13 heteroatoms. The van der Waals surface area contributed by atoms with Crippen molar-refractivity contribution in [3.63, 3.8) is 0 Å². The van der Waals surface area contributed by atoms with E-state index in [1.807, 2.05) is 6.07 Å². The predicted octanol–water partition coefficient (Wildman–Crippen LogP) is 3.91. The topological polar surface area (TPSA) is 130 Å². The number of carbonyl (C=O) groups excluding carboxylic acids is 1. The Kier molecular flexibility index (Phi) is 8.31. The zero-order chi connectivity index (χ0) is 28.5. The number of hydrogen-bond donors (Lipinski definition) is 1. The number of rotatable bonds is 10. The number of nitrogens with one attached hydrogen (secondary N) is 1. The van der Waals surface area contributed by atoms with Gasteiger partial charge in [0.1, 0.15) is 5.54 Å². The average Bonchev–Trinajstić information content (AvgIpc) is 3.61. The number of methoxy groups -OCH3 is 1. The number of nitrogens with zero attached hydrogens (tertiary/aromatic N) is 1. The SMILES string of the molecule is CO[C@@H](CC(=O)NC1(C#N)CC1)C[C@@H](C)S(=O)(=O)c1ccc(-c2ccc(S(C)(=O)=O)cc2)cc1C(F)(F)F. The Morgan fingerprint density at radius 2 is 1.68 bits per heavy atom. The number of sulfone groups is 2. The fourth-order valence-corrected chi connectivity index (χ4v) is 6.24. The molecule has 0 aromatic heterocycles. The van der Waals surface area contributed by atoms with E-state index >= 15 is 0 Å². The average molecular weight is 573 g/mol. The monoisotopic (exact) mass is 572 g/mol. The fourth-order valence-electron chi connectivity index (χ4n) is 3.96. The summed E-state index contributed by atoms with van der Waals surface area (Å²) in [5.41, 5.74) is -1.94. The Balaban J connectivity index is 1.87. The van der Waals surface area contributed by atoms with E-state index in [0.717, 1.165) is 12.3 Å². The second-order valence-corrected chi connectivity index (χ2v) is 13.8. The second-order valence-electron chi connectivity index (χ2n) is 9.40. The molecule has 0 spiro atoms. The highest BCUT2D eigenvalue weighted by Crippen LogP contribution is 2.39. The molecule has 2 atom stereocenters. The molecule has 1 aliphatic carbocycles. The van der Waals surface area contributed by atoms with E-state index in [-0.39, 0.29) is 28.9 Å². The van der Waals surface area contributed by atoms with Gasteiger partial charge < -0.3 is 10.1 Å². The largest absolute Gasteiger partial charge is 0.417 e. The molecule has 0 aliphatic heterocycles. The Morgan fingerprint density at radius 1 is 1.11 bits per heavy atom. The number of amides is 1. The van der Waals surface area contributed by atoms with Crippen molar-refractivity contribution < 1.29 is 39.5 Å². The minimum absolute atomic E-state index is 0.00776. The standard InChI is InChI=1S/C25H27F3N2O6S2/c1-16(12-19(36-2)14-23(31)30-24(15-29)10-11-24)38(34,35)22-9-6-18(13-21(22)25(26,27)28)17-4-7-20(8-5-17)37(3,32)33/h4-9,13,16,19H,10-12,14H2,1-3H3,(H,30,31)/t16-,19-/m1/s1. The Morgan fingerprint density at radius 3 is 2.16 bits per heavy atom. The van der Waals surface area contributed by atoms with E-state index in [1.54, 1.807) is 0 Å². The van der Waals surface area contributed by atoms with Crippen molar-refractivity contribution in [1.82, 2.24) is 5.32 Å². The smallest absolute Gasteiger partial charge is 0.381 e. The molecule has 0 saturated heterocycles. The van der Waals surface area contributed by atoms with E-state index in [0.29, 0.717) is 18.9 Å². The van der Waals surface area contributed by atoms with Gasteiger partial charge in [0.15, 0.2) is 19.7 Å². The Labute approximate surface area is 219 Å². The molecule has 8 nitrogen and oxygen atoms in total. The zero-order valence-corrected chi connectivity index (χ0v) is 22.5. The van der Waals surface area contributed by atoms with E-state index in [9.17, 15) is 34.8 Å². The van der Waals surface area contributed by atoms with Crippen LogP contribution in [0.4, 0.5) is 13.2 Å². The lowest BCUT2D eigenvalue weighted by atomic mass is 10.0. The molecule has 0 radical (unpaired) electrons. The van der Waals surface area contributed by atoms with Crippen LogP contribution in [0.1, 0.15) is 38.2 Å². The van der Waals surface area contributed by atoms with Crippen LogP contribution in [-0.2, 0) is 35.4 Å². The third-order valence-corrected chi connectivity index (χ3v) is 9.77. The van der Waals surface area contributed by atoms with Gasteiger partial charge in [-0.25, -0.2) is 16.8 Å². The van der Waals surface area contributed by atoms with Crippen molar-refractivity contribution in [3.05, 3.63) is 48.0 Å². The quantitative estimate of drug-likeness (QED) is 0.457. The van der Waals surface area contributed by atoms with Gasteiger partial charge in [-0.3, -0.25) is 4.79 Å². The number of halogens is 3. The van der Waals surface area contributed by atoms with Gasteiger partial charge in [0.25, 0.3) is 0 Å². The summed E-state index contributed by atoms with van der Waals surface area (Å²) in [4.78, 5) is 11.4. The van der Waals surface area contributed by atoms with E-state index < -0.39 is 59.1 Å². The minimum atomic E-state index is -5.00. The van der Waals surface area contributed by atoms with Gasteiger partial charge >= 0.3 is 6.18 Å². The van der Waals surface area contributed by atoms with Crippen molar-refractivity contribution in [2.45, 2.75) is 65.5 Å². The maximum absolute atomic E-state index is 14.0. The van der Waals surface area contributed by atoms with Gasteiger partial charge in [-0.2, -0.15) is 18.4 Å². The van der Waals surface area contributed by atoms with Crippen LogP contribution in [0.15, 0.2) is 52.3 Å². The van der Waals surface area contributed by atoms with Crippen LogP contribution < -0.4 is 5.32 Å². The second kappa shape index (κ2) is 10.7. The van der Waals surface area contributed by atoms with Crippen LogP contribution in [0.5, 0.6) is 0 Å². The summed E-state index contributed by atoms with van der Waals surface area (Å²) in [6.07, 6.45) is -4.39. The fraction of sp³-hybridized carbons (Fsp3) is 0.440. The zero-order valence-electron chi connectivity index (χ0n) is 20.9. The molecule has 1 aliphatic rings. The van der Waals surface area contributed by atoms with Gasteiger partial charge in [0.2, 0.25) is 5.91 Å². The summed E-state index contributed by atoms with van der Waals surface area (Å²) in [5, 5.41) is 10.4. The van der Waals surface area contributed by atoms with Crippen LogP contribution >= 0.6 is 0 Å². The van der Waals surface area contributed by atoms with Gasteiger partial charge in [-0.05, 0) is 61.6 Å². The lowest BCUT2D eigenvalue weighted by molar-refractivity contribution is -0.139. The van der Waals surface area contributed by atoms with Crippen LogP contribution in [0.25, 0.3) is 11.1 Å². The van der Waals surface area contributed by atoms with E-state index in [2.05, 4.69) is 5.32 Å². The van der Waals surface area contributed by atoms with Crippen LogP contribution in [-0.4, -0.2) is 53.0 Å². The van der Waals surface area contributed by atoms with Crippen molar-refractivity contribution in [3.8, 4) is 17.2 Å². The molecular weight excluding hydrogens is 545 g/mol. The molecule has 1 N–H and O–H groups in total. The van der Waals surface area contributed by atoms with Gasteiger partial charge in [0, 0.05) is 13.4 Å². The number of hydrogen-bond acceptors (Lipinski definition) is 7. The first kappa shape index (κ1) is 29.6. The van der Waals surface area contributed by atoms with Crippen molar-refractivity contribution in [1.29, 1.82) is 5.26 Å². The highest BCUT2D eigenvalue weighted by atomic mass is 32.2. The lowest BCUT2D eigenvalue weighted by Gasteiger charge is -2.22. The third-order valence-electron chi connectivity index (χ3n) is 6.42. The van der Waals surface area contributed by atoms with Gasteiger partial charge in [-0.15, -0.1) is 0 Å². The highest BCUT2D eigenvalue weighted by molar-refractivity contribution is 7.92. The summed E-state index contributed by atoms with van der Waals surface area (Å²) >= 11 is 0. The first-order valence-corrected chi connectivity index (χ1v) is 15.0. The van der Waals surface area contributed by atoms with Crippen molar-refractivity contribution >= 4 is 25.6 Å². The first-order valence-electron chi connectivity index (χ1n) is 11.5. The Hall–Kier alpha value is -2.95. The van der Waals surface area contributed by atoms with Crippen LogP contribution in [0, 0.1) is 11.3 Å². The molecule has 1 amide bonds. The third kappa shape index (κ3) is 6.73. The summed E-state index contributed by atoms with van der Waals surface area (Å²) < 4.78 is 97.1.